The van der Waals surface area contributed by atoms with Crippen molar-refractivity contribution in [3.63, 3.8) is 0 Å². The third-order valence-electron chi connectivity index (χ3n) is 10.1. The van der Waals surface area contributed by atoms with E-state index in [-0.39, 0.29) is 12.4 Å². The third kappa shape index (κ3) is 8.59. The fourth-order valence-electron chi connectivity index (χ4n) is 6.75. The quantitative estimate of drug-likeness (QED) is 0.161. The summed E-state index contributed by atoms with van der Waals surface area (Å²) in [5.74, 6) is -1.30. The molecule has 0 atom stereocenters. The fraction of sp³-hybridized carbons (Fsp3) is 0.256. The summed E-state index contributed by atoms with van der Waals surface area (Å²) in [5.41, 5.74) is 10.0. The van der Waals surface area contributed by atoms with Crippen molar-refractivity contribution in [2.75, 3.05) is 50.9 Å². The predicted octanol–water partition coefficient (Wildman–Crippen LogP) is 8.65. The Bertz CT molecular complexity index is 2360. The summed E-state index contributed by atoms with van der Waals surface area (Å²) in [6.45, 7) is 6.45. The lowest BCUT2D eigenvalue weighted by molar-refractivity contribution is 0.370. The average Bonchev–Trinajstić information content (AvgIpc) is 3.18. The van der Waals surface area contributed by atoms with Gasteiger partial charge < -0.3 is 20.4 Å². The van der Waals surface area contributed by atoms with Crippen molar-refractivity contribution in [2.24, 2.45) is 0 Å². The number of benzene rings is 4. The maximum absolute atomic E-state index is 14.3. The molecule has 2 aromatic heterocycles. The molecule has 4 aromatic carbocycles. The summed E-state index contributed by atoms with van der Waals surface area (Å²) < 4.78 is 41.2. The van der Waals surface area contributed by atoms with E-state index in [0.29, 0.717) is 23.2 Å². The van der Waals surface area contributed by atoms with E-state index in [9.17, 15) is 13.2 Å². The van der Waals surface area contributed by atoms with Gasteiger partial charge in [-0.15, -0.1) is 0 Å². The summed E-state index contributed by atoms with van der Waals surface area (Å²) in [6.07, 6.45) is 9.93. The molecule has 0 saturated carbocycles. The van der Waals surface area contributed by atoms with Crippen LogP contribution in [0.2, 0.25) is 0 Å². The minimum absolute atomic E-state index is 0.159. The normalized spacial score (nSPS) is 15.0. The van der Waals surface area contributed by atoms with Gasteiger partial charge in [0, 0.05) is 67.2 Å². The highest BCUT2D eigenvalue weighted by atomic mass is 19.1. The molecule has 6 aromatic rings. The lowest BCUT2D eigenvalue weighted by Crippen LogP contribution is -2.23. The monoisotopic (exact) mass is 728 g/mol. The molecule has 0 aliphatic carbocycles. The molecule has 0 fully saturated rings. The minimum Gasteiger partial charge on any atom is -0.379 e. The smallest absolute Gasteiger partial charge is 0.131 e. The zero-order chi connectivity index (χ0) is 37.6. The van der Waals surface area contributed by atoms with Crippen LogP contribution in [0.3, 0.4) is 0 Å². The Labute approximate surface area is 313 Å². The Morgan fingerprint density at radius 3 is 1.72 bits per heavy atom. The Morgan fingerprint density at radius 2 is 1.20 bits per heavy atom. The van der Waals surface area contributed by atoms with Crippen LogP contribution in [-0.2, 0) is 13.1 Å². The molecule has 2 N–H and O–H groups in total. The Balaban J connectivity index is 0.000000167. The van der Waals surface area contributed by atoms with Gasteiger partial charge in [-0.1, -0.05) is 48.6 Å². The summed E-state index contributed by atoms with van der Waals surface area (Å²) in [7, 11) is 4.25. The maximum atomic E-state index is 14.3. The fourth-order valence-corrected chi connectivity index (χ4v) is 6.75. The second kappa shape index (κ2) is 16.6. The van der Waals surface area contributed by atoms with E-state index < -0.39 is 11.6 Å². The molecule has 0 bridgehead atoms. The first-order valence-electron chi connectivity index (χ1n) is 18.1. The van der Waals surface area contributed by atoms with Crippen LogP contribution in [0.15, 0.2) is 97.3 Å². The van der Waals surface area contributed by atoms with Crippen molar-refractivity contribution < 1.29 is 13.2 Å². The van der Waals surface area contributed by atoms with Crippen LogP contribution in [-0.4, -0.2) is 70.5 Å². The Kier molecular flexibility index (Phi) is 11.3. The molecular weight excluding hydrogens is 686 g/mol. The van der Waals surface area contributed by atoms with Gasteiger partial charge in [-0.2, -0.15) is 20.4 Å². The summed E-state index contributed by atoms with van der Waals surface area (Å²) >= 11 is 0. The van der Waals surface area contributed by atoms with Gasteiger partial charge in [0.25, 0.3) is 0 Å². The van der Waals surface area contributed by atoms with E-state index in [1.54, 1.807) is 31.5 Å². The topological polar surface area (TPSA) is 82.1 Å². The molecule has 4 heterocycles. The number of aromatic nitrogens is 4. The highest BCUT2D eigenvalue weighted by Crippen LogP contribution is 2.30. The zero-order valence-electron chi connectivity index (χ0n) is 30.7. The average molecular weight is 729 g/mol. The molecule has 0 amide bonds. The predicted molar refractivity (Wildman–Crippen MR) is 211 cm³/mol. The molecule has 276 valence electrons. The van der Waals surface area contributed by atoms with E-state index in [4.69, 9.17) is 0 Å². The van der Waals surface area contributed by atoms with Crippen LogP contribution in [0.25, 0.3) is 33.0 Å². The van der Waals surface area contributed by atoms with Crippen LogP contribution in [0.5, 0.6) is 0 Å². The van der Waals surface area contributed by atoms with Crippen molar-refractivity contribution in [3.8, 4) is 0 Å². The highest BCUT2D eigenvalue weighted by Gasteiger charge is 2.14. The van der Waals surface area contributed by atoms with Gasteiger partial charge in [0.15, 0.2) is 0 Å². The molecule has 0 spiro atoms. The molecule has 0 saturated heterocycles. The number of nitrogens with one attached hydrogen (secondary N) is 2. The Hall–Kier alpha value is -5.65. The number of fused-ring (bicyclic) bond motifs is 2. The van der Waals surface area contributed by atoms with Crippen LogP contribution in [0, 0.1) is 24.4 Å². The van der Waals surface area contributed by atoms with Gasteiger partial charge in [-0.05, 0) is 92.0 Å². The molecule has 2 aliphatic rings. The number of hydrogen-bond donors (Lipinski definition) is 2. The number of halogens is 3. The largest absolute Gasteiger partial charge is 0.379 e. The summed E-state index contributed by atoms with van der Waals surface area (Å²) in [4.78, 5) is 4.58. The second-order valence-corrected chi connectivity index (χ2v) is 14.0. The Morgan fingerprint density at radius 1 is 0.648 bits per heavy atom. The number of hydrogen-bond acceptors (Lipinski definition) is 8. The van der Waals surface area contributed by atoms with Crippen molar-refractivity contribution in [1.82, 2.24) is 30.2 Å². The van der Waals surface area contributed by atoms with Crippen LogP contribution in [0.4, 0.5) is 24.5 Å². The summed E-state index contributed by atoms with van der Waals surface area (Å²) in [6, 6.07) is 21.5. The van der Waals surface area contributed by atoms with Gasteiger partial charge >= 0.3 is 0 Å². The van der Waals surface area contributed by atoms with E-state index in [1.807, 2.05) is 18.2 Å². The lowest BCUT2D eigenvalue weighted by atomic mass is 9.98. The molecule has 2 aliphatic heterocycles. The van der Waals surface area contributed by atoms with Crippen molar-refractivity contribution in [1.29, 1.82) is 0 Å². The van der Waals surface area contributed by atoms with E-state index in [1.165, 1.54) is 34.4 Å². The number of anilines is 2. The van der Waals surface area contributed by atoms with Crippen LogP contribution in [0.1, 0.15) is 40.7 Å². The molecule has 0 unspecified atom stereocenters. The van der Waals surface area contributed by atoms with Crippen molar-refractivity contribution >= 4 is 44.3 Å². The molecule has 0 radical (unpaired) electrons. The van der Waals surface area contributed by atoms with Gasteiger partial charge in [0.05, 0.1) is 34.8 Å². The second-order valence-electron chi connectivity index (χ2n) is 14.0. The first kappa shape index (κ1) is 36.7. The highest BCUT2D eigenvalue weighted by molar-refractivity contribution is 5.94. The number of likely N-dealkylation sites (N-methyl/N-ethyl adjacent to an activating group) is 2. The standard InChI is InChI=1S/C22H23FN4.C21H20F2N4/c1-15-4-3-5-18(22(15)23)13-24-21-14-25-26-20-7-6-17(12-19(20)21)16-8-10-27(2)11-9-16;1-27-8-6-14(7-9-27)15-3-5-20-18(10-15)21(13-25-26-20)24-12-16-2-4-17(22)11-19(16)23/h3-8,12,14H,9-11,13H2,1-2H3,(H,24,26);2-6,10-11,13H,7-9,12H2,1H3,(H,24,26). The third-order valence-corrected chi connectivity index (χ3v) is 10.1. The van der Waals surface area contributed by atoms with Crippen molar-refractivity contribution in [2.45, 2.75) is 32.9 Å². The van der Waals surface area contributed by atoms with Gasteiger partial charge in [-0.25, -0.2) is 13.2 Å². The number of aryl methyl sites for hydroxylation is 1. The maximum Gasteiger partial charge on any atom is 0.131 e. The first-order valence-corrected chi connectivity index (χ1v) is 18.1. The van der Waals surface area contributed by atoms with Gasteiger partial charge in [0.1, 0.15) is 17.5 Å². The lowest BCUT2D eigenvalue weighted by Gasteiger charge is -2.22. The number of nitrogens with zero attached hydrogens (tertiary/aromatic N) is 6. The first-order chi connectivity index (χ1) is 26.2. The molecule has 8 rings (SSSR count). The van der Waals surface area contributed by atoms with Gasteiger partial charge in [-0.3, -0.25) is 0 Å². The zero-order valence-corrected chi connectivity index (χ0v) is 30.7. The summed E-state index contributed by atoms with van der Waals surface area (Å²) in [5, 5.41) is 25.0. The van der Waals surface area contributed by atoms with Crippen LogP contribution >= 0.6 is 0 Å². The minimum atomic E-state index is -0.580. The van der Waals surface area contributed by atoms with Gasteiger partial charge in [0.2, 0.25) is 0 Å². The number of rotatable bonds is 8. The molecule has 8 nitrogen and oxygen atoms in total. The van der Waals surface area contributed by atoms with Crippen LogP contribution < -0.4 is 10.6 Å². The van der Waals surface area contributed by atoms with Crippen molar-refractivity contribution in [3.05, 3.63) is 143 Å². The van der Waals surface area contributed by atoms with E-state index in [2.05, 4.69) is 91.3 Å². The molecule has 54 heavy (non-hydrogen) atoms. The van der Waals surface area contributed by atoms with E-state index in [0.717, 1.165) is 78.3 Å². The molecular formula is C43H43F3N8. The van der Waals surface area contributed by atoms with E-state index >= 15 is 0 Å². The SMILES string of the molecule is CN1CC=C(c2ccc3nncc(NCc4ccc(F)cc4F)c3c2)CC1.Cc1cccc(CNc2cnnc3ccc(C4=CCN(C)CC4)cc23)c1F. The molecule has 11 heteroatoms.